The molecule has 1 saturated carbocycles. The topological polar surface area (TPSA) is 143 Å². The summed E-state index contributed by atoms with van der Waals surface area (Å²) in [7, 11) is 1.22. The number of aromatic amines is 1. The van der Waals surface area contributed by atoms with Crippen LogP contribution in [-0.4, -0.2) is 51.8 Å². The van der Waals surface area contributed by atoms with E-state index < -0.39 is 23.5 Å². The molecule has 0 atom stereocenters. The zero-order valence-electron chi connectivity index (χ0n) is 16.0. The first-order chi connectivity index (χ1) is 13.9. The van der Waals surface area contributed by atoms with E-state index in [4.69, 9.17) is 4.74 Å². The Kier molecular flexibility index (Phi) is 6.47. The first-order valence-corrected chi connectivity index (χ1v) is 10.1. The monoisotopic (exact) mass is 419 g/mol. The predicted octanol–water partition coefficient (Wildman–Crippen LogP) is 1.27. The van der Waals surface area contributed by atoms with Crippen molar-refractivity contribution in [3.63, 3.8) is 0 Å². The van der Waals surface area contributed by atoms with Gasteiger partial charge in [-0.3, -0.25) is 14.9 Å². The minimum absolute atomic E-state index is 0.0205. The maximum absolute atomic E-state index is 12.4. The Morgan fingerprint density at radius 3 is 2.69 bits per heavy atom. The third kappa shape index (κ3) is 5.11. The summed E-state index contributed by atoms with van der Waals surface area (Å²) in [4.78, 5) is 59.1. The molecule has 0 saturated heterocycles. The van der Waals surface area contributed by atoms with E-state index in [-0.39, 0.29) is 33.5 Å². The van der Waals surface area contributed by atoms with Crippen LogP contribution in [0.1, 0.15) is 41.7 Å². The van der Waals surface area contributed by atoms with Crippen LogP contribution in [0.4, 0.5) is 4.79 Å². The van der Waals surface area contributed by atoms with Crippen molar-refractivity contribution in [2.24, 2.45) is 0 Å². The number of ether oxygens (including phenoxy) is 1. The number of aromatic nitrogens is 3. The lowest BCUT2D eigenvalue weighted by molar-refractivity contribution is -0.117. The molecule has 3 rings (SSSR count). The van der Waals surface area contributed by atoms with Gasteiger partial charge in [0, 0.05) is 11.7 Å². The Bertz CT molecular complexity index is 1020. The molecule has 0 radical (unpaired) electrons. The quantitative estimate of drug-likeness (QED) is 0.373. The number of carbonyl (C=O) groups is 3. The van der Waals surface area contributed by atoms with Crippen molar-refractivity contribution in [2.45, 2.75) is 43.8 Å². The molecule has 29 heavy (non-hydrogen) atoms. The Hall–Kier alpha value is -2.95. The highest BCUT2D eigenvalue weighted by Crippen LogP contribution is 2.19. The molecular formula is C18H21N5O5S. The number of rotatable bonds is 5. The molecular weight excluding hydrogens is 398 g/mol. The maximum atomic E-state index is 12.4. The number of nitrogens with one attached hydrogen (secondary N) is 3. The molecule has 0 spiro atoms. The normalized spacial score (nSPS) is 14.0. The Morgan fingerprint density at radius 2 is 2.00 bits per heavy atom. The number of esters is 1. The van der Waals surface area contributed by atoms with Gasteiger partial charge in [0.1, 0.15) is 0 Å². The van der Waals surface area contributed by atoms with Crippen LogP contribution in [0.2, 0.25) is 0 Å². The number of imide groups is 1. The lowest BCUT2D eigenvalue weighted by Gasteiger charge is -2.12. The summed E-state index contributed by atoms with van der Waals surface area (Å²) < 4.78 is 4.70. The maximum Gasteiger partial charge on any atom is 0.338 e. The molecule has 2 heterocycles. The summed E-state index contributed by atoms with van der Waals surface area (Å²) in [5, 5.41) is 5.20. The van der Waals surface area contributed by atoms with E-state index in [0.29, 0.717) is 5.69 Å². The summed E-state index contributed by atoms with van der Waals surface area (Å²) in [6, 6.07) is 1.03. The first-order valence-electron chi connectivity index (χ1n) is 9.10. The fourth-order valence-electron chi connectivity index (χ4n) is 3.17. The summed E-state index contributed by atoms with van der Waals surface area (Å²) in [6.07, 6.45) is 3.97. The highest BCUT2D eigenvalue weighted by atomic mass is 32.2. The van der Waals surface area contributed by atoms with Crippen molar-refractivity contribution in [2.75, 3.05) is 12.9 Å². The molecule has 0 unspecified atom stereocenters. The molecule has 3 N–H and O–H groups in total. The van der Waals surface area contributed by atoms with Crippen LogP contribution >= 0.6 is 11.8 Å². The number of carbonyl (C=O) groups excluding carboxylic acids is 3. The van der Waals surface area contributed by atoms with E-state index in [9.17, 15) is 19.2 Å². The summed E-state index contributed by atoms with van der Waals surface area (Å²) >= 11 is 0.953. The number of fused-ring (bicyclic) bond motifs is 1. The zero-order chi connectivity index (χ0) is 21.0. The van der Waals surface area contributed by atoms with Gasteiger partial charge in [-0.2, -0.15) is 0 Å². The van der Waals surface area contributed by atoms with Gasteiger partial charge >= 0.3 is 12.0 Å². The van der Waals surface area contributed by atoms with Gasteiger partial charge in [0.15, 0.2) is 10.8 Å². The number of nitrogens with zero attached hydrogens (tertiary/aromatic N) is 2. The lowest BCUT2D eigenvalue weighted by atomic mass is 10.1. The molecule has 0 aromatic carbocycles. The highest BCUT2D eigenvalue weighted by Gasteiger charge is 2.20. The molecule has 2 aromatic rings. The van der Waals surface area contributed by atoms with Crippen molar-refractivity contribution < 1.29 is 19.1 Å². The molecule has 0 bridgehead atoms. The number of aryl methyl sites for hydroxylation is 1. The molecule has 2 aromatic heterocycles. The second kappa shape index (κ2) is 9.03. The van der Waals surface area contributed by atoms with Crippen LogP contribution in [0.15, 0.2) is 16.0 Å². The number of H-pyrrole nitrogens is 1. The van der Waals surface area contributed by atoms with Gasteiger partial charge in [-0.15, -0.1) is 0 Å². The second-order valence-electron chi connectivity index (χ2n) is 6.66. The number of amides is 3. The van der Waals surface area contributed by atoms with Gasteiger partial charge in [-0.25, -0.2) is 19.6 Å². The Balaban J connectivity index is 1.69. The lowest BCUT2D eigenvalue weighted by Crippen LogP contribution is -2.44. The molecule has 154 valence electrons. The molecule has 1 fully saturated rings. The van der Waals surface area contributed by atoms with Crippen molar-refractivity contribution in [1.29, 1.82) is 0 Å². The average molecular weight is 419 g/mol. The van der Waals surface area contributed by atoms with Crippen LogP contribution in [0.5, 0.6) is 0 Å². The smallest absolute Gasteiger partial charge is 0.338 e. The molecule has 10 nitrogen and oxygen atoms in total. The predicted molar refractivity (Wildman–Crippen MR) is 106 cm³/mol. The van der Waals surface area contributed by atoms with Crippen molar-refractivity contribution in [1.82, 2.24) is 25.6 Å². The SMILES string of the molecule is COC(=O)c1cc(C)nc2nc(SCC(=O)NC(=O)NC3CCCC3)[nH]c(=O)c12. The molecule has 1 aliphatic rings. The number of hydrogen-bond donors (Lipinski definition) is 3. The van der Waals surface area contributed by atoms with Crippen LogP contribution in [0, 0.1) is 6.92 Å². The third-order valence-electron chi connectivity index (χ3n) is 4.47. The van der Waals surface area contributed by atoms with Gasteiger partial charge in [0.25, 0.3) is 5.56 Å². The van der Waals surface area contributed by atoms with E-state index in [1.54, 1.807) is 6.92 Å². The van der Waals surface area contributed by atoms with Gasteiger partial charge in [0.2, 0.25) is 5.91 Å². The van der Waals surface area contributed by atoms with Crippen LogP contribution in [-0.2, 0) is 9.53 Å². The standard InChI is InChI=1S/C18H21N5O5S/c1-9-7-11(16(26)28-2)13-14(19-9)22-18(23-15(13)25)29-8-12(24)21-17(27)20-10-5-3-4-6-10/h7,10H,3-6,8H2,1-2H3,(H,19,22,23,25)(H2,20,21,24,27). The minimum Gasteiger partial charge on any atom is -0.465 e. The van der Waals surface area contributed by atoms with Crippen molar-refractivity contribution in [3.8, 4) is 0 Å². The van der Waals surface area contributed by atoms with Crippen LogP contribution < -0.4 is 16.2 Å². The van der Waals surface area contributed by atoms with Crippen molar-refractivity contribution in [3.05, 3.63) is 27.7 Å². The summed E-state index contributed by atoms with van der Waals surface area (Å²) in [5.41, 5.74) is 0.0794. The number of hydrogen-bond acceptors (Lipinski definition) is 8. The number of urea groups is 1. The summed E-state index contributed by atoms with van der Waals surface area (Å²) in [6.45, 7) is 1.66. The Morgan fingerprint density at radius 1 is 1.28 bits per heavy atom. The van der Waals surface area contributed by atoms with E-state index >= 15 is 0 Å². The number of pyridine rings is 1. The fourth-order valence-corrected chi connectivity index (χ4v) is 3.83. The number of thioether (sulfide) groups is 1. The second-order valence-corrected chi connectivity index (χ2v) is 7.63. The van der Waals surface area contributed by atoms with Gasteiger partial charge in [0.05, 0.1) is 23.8 Å². The number of methoxy groups -OCH3 is 1. The minimum atomic E-state index is -0.666. The van der Waals surface area contributed by atoms with Gasteiger partial charge in [-0.05, 0) is 25.8 Å². The molecule has 11 heteroatoms. The average Bonchev–Trinajstić information content (AvgIpc) is 3.17. The Labute approximate surface area is 170 Å². The van der Waals surface area contributed by atoms with E-state index in [0.717, 1.165) is 37.4 Å². The molecule has 0 aliphatic heterocycles. The largest absolute Gasteiger partial charge is 0.465 e. The van der Waals surface area contributed by atoms with Gasteiger partial charge < -0.3 is 15.0 Å². The van der Waals surface area contributed by atoms with Crippen molar-refractivity contribution >= 4 is 40.7 Å². The van der Waals surface area contributed by atoms with Crippen LogP contribution in [0.3, 0.4) is 0 Å². The van der Waals surface area contributed by atoms with E-state index in [2.05, 4.69) is 25.6 Å². The zero-order valence-corrected chi connectivity index (χ0v) is 16.9. The molecule has 1 aliphatic carbocycles. The van der Waals surface area contributed by atoms with E-state index in [1.807, 2.05) is 0 Å². The van der Waals surface area contributed by atoms with Gasteiger partial charge in [-0.1, -0.05) is 24.6 Å². The highest BCUT2D eigenvalue weighted by molar-refractivity contribution is 7.99. The van der Waals surface area contributed by atoms with Crippen LogP contribution in [0.25, 0.3) is 11.0 Å². The van der Waals surface area contributed by atoms with E-state index in [1.165, 1.54) is 13.2 Å². The fraction of sp³-hybridized carbons (Fsp3) is 0.444. The first kappa shape index (κ1) is 20.8. The molecule has 3 amide bonds. The summed E-state index contributed by atoms with van der Waals surface area (Å²) in [5.74, 6) is -1.30. The third-order valence-corrected chi connectivity index (χ3v) is 5.35.